The van der Waals surface area contributed by atoms with Crippen LogP contribution in [-0.4, -0.2) is 39.9 Å². The van der Waals surface area contributed by atoms with Crippen LogP contribution >= 0.6 is 0 Å². The van der Waals surface area contributed by atoms with Crippen molar-refractivity contribution in [3.05, 3.63) is 24.2 Å². The molecule has 0 bridgehead atoms. The number of unbranched alkanes of at least 4 members (excludes halogenated alkanes) is 1. The van der Waals surface area contributed by atoms with Gasteiger partial charge in [0.15, 0.2) is 5.76 Å². The Balaban J connectivity index is 1.74. The Bertz CT molecular complexity index is 541. The average Bonchev–Trinajstić information content (AvgIpc) is 3.28. The van der Waals surface area contributed by atoms with Crippen LogP contribution in [0.5, 0.6) is 0 Å². The van der Waals surface area contributed by atoms with Gasteiger partial charge in [-0.1, -0.05) is 38.7 Å². The molecule has 0 radical (unpaired) electrons. The summed E-state index contributed by atoms with van der Waals surface area (Å²) in [5, 5.41) is 28.1. The second-order valence-corrected chi connectivity index (χ2v) is 8.52. The Kier molecular flexibility index (Phi) is 9.52. The fourth-order valence-electron chi connectivity index (χ4n) is 4.91. The zero-order valence-corrected chi connectivity index (χ0v) is 17.3. The van der Waals surface area contributed by atoms with Crippen LogP contribution in [-0.2, 0) is 9.53 Å². The summed E-state index contributed by atoms with van der Waals surface area (Å²) >= 11 is 0. The normalized spacial score (nSPS) is 28.6. The van der Waals surface area contributed by atoms with Gasteiger partial charge in [-0.3, -0.25) is 4.79 Å². The van der Waals surface area contributed by atoms with E-state index in [1.54, 1.807) is 0 Å². The number of rotatable bonds is 13. The number of carbonyl (C=O) groups excluding carboxylic acids is 1. The van der Waals surface area contributed by atoms with Gasteiger partial charge in [0.05, 0.1) is 12.2 Å². The third-order valence-corrected chi connectivity index (χ3v) is 6.60. The summed E-state index contributed by atoms with van der Waals surface area (Å²) in [6.45, 7) is 5.43. The maximum absolute atomic E-state index is 11.2. The van der Waals surface area contributed by atoms with Crippen LogP contribution in [0.25, 0.3) is 0 Å². The lowest BCUT2D eigenvalue weighted by Crippen LogP contribution is -2.14. The minimum atomic E-state index is -0.849. The van der Waals surface area contributed by atoms with Crippen LogP contribution in [0, 0.1) is 17.8 Å². The number of ketones is 1. The van der Waals surface area contributed by atoms with Crippen LogP contribution in [0.1, 0.15) is 77.6 Å². The lowest BCUT2D eigenvalue weighted by atomic mass is 9.85. The zero-order valence-electron chi connectivity index (χ0n) is 17.3. The lowest BCUT2D eigenvalue weighted by Gasteiger charge is -2.19. The highest BCUT2D eigenvalue weighted by Gasteiger charge is 2.43. The summed E-state index contributed by atoms with van der Waals surface area (Å²) in [5.74, 6) is 0.0475. The predicted molar refractivity (Wildman–Crippen MR) is 110 cm³/mol. The Morgan fingerprint density at radius 3 is 2.64 bits per heavy atom. The summed E-state index contributed by atoms with van der Waals surface area (Å²) in [6, 6.07) is 0. The molecule has 1 heterocycles. The van der Waals surface area contributed by atoms with Crippen LogP contribution in [0.15, 0.2) is 24.2 Å². The Labute approximate surface area is 169 Å². The SMILES string of the molecule is C=C[C@H](CCCC)CCC[C@H]1CC[C@@H]2OC(CCC(O)=C(O)C(=O)CO)C[C@H]12. The smallest absolute Gasteiger partial charge is 0.225 e. The van der Waals surface area contributed by atoms with E-state index >= 15 is 0 Å². The van der Waals surface area contributed by atoms with E-state index in [9.17, 15) is 15.0 Å². The number of carbonyl (C=O) groups is 1. The number of hydrogen-bond donors (Lipinski definition) is 3. The van der Waals surface area contributed by atoms with Crippen molar-refractivity contribution >= 4 is 5.78 Å². The standard InChI is InChI=1S/C23H38O5/c1-3-5-7-16(4-2)8-6-9-17-10-13-22-19(17)14-18(28-22)11-12-20(25)23(27)21(26)15-24/h4,16-19,22,24-25,27H,2-3,5-15H2,1H3/t16-,17+,18?,19-,22+/m1/s1. The van der Waals surface area contributed by atoms with Gasteiger partial charge in [-0.15, -0.1) is 6.58 Å². The quantitative estimate of drug-likeness (QED) is 0.232. The molecule has 0 aromatic rings. The highest BCUT2D eigenvalue weighted by Crippen LogP contribution is 2.46. The minimum absolute atomic E-state index is 0.0717. The van der Waals surface area contributed by atoms with E-state index in [0.29, 0.717) is 24.4 Å². The van der Waals surface area contributed by atoms with E-state index < -0.39 is 18.1 Å². The van der Waals surface area contributed by atoms with E-state index in [-0.39, 0.29) is 18.3 Å². The van der Waals surface area contributed by atoms with Crippen LogP contribution in [0.4, 0.5) is 0 Å². The molecule has 5 heteroatoms. The molecule has 1 unspecified atom stereocenters. The van der Waals surface area contributed by atoms with Crippen molar-refractivity contribution in [3.63, 3.8) is 0 Å². The fraction of sp³-hybridized carbons (Fsp3) is 0.783. The van der Waals surface area contributed by atoms with E-state index in [1.807, 2.05) is 0 Å². The van der Waals surface area contributed by atoms with Crippen molar-refractivity contribution < 1.29 is 24.9 Å². The third kappa shape index (κ3) is 6.35. The Morgan fingerprint density at radius 1 is 1.21 bits per heavy atom. The van der Waals surface area contributed by atoms with Crippen molar-refractivity contribution in [1.82, 2.24) is 0 Å². The molecule has 0 aromatic carbocycles. The summed E-state index contributed by atoms with van der Waals surface area (Å²) in [7, 11) is 0. The van der Waals surface area contributed by atoms with Gasteiger partial charge in [-0.25, -0.2) is 0 Å². The number of Topliss-reactive ketones (excluding diaryl/α,β-unsaturated/α-hetero) is 1. The van der Waals surface area contributed by atoms with Gasteiger partial charge in [0.2, 0.25) is 5.78 Å². The predicted octanol–water partition coefficient (Wildman–Crippen LogP) is 5.00. The number of fused-ring (bicyclic) bond motifs is 1. The molecule has 2 aliphatic rings. The van der Waals surface area contributed by atoms with Gasteiger partial charge in [0.1, 0.15) is 12.4 Å². The molecule has 0 aromatic heterocycles. The largest absolute Gasteiger partial charge is 0.508 e. The van der Waals surface area contributed by atoms with Crippen LogP contribution < -0.4 is 0 Å². The van der Waals surface area contributed by atoms with Crippen molar-refractivity contribution in [2.75, 3.05) is 6.61 Å². The fourth-order valence-corrected chi connectivity index (χ4v) is 4.91. The van der Waals surface area contributed by atoms with Crippen molar-refractivity contribution in [3.8, 4) is 0 Å². The molecule has 5 nitrogen and oxygen atoms in total. The Morgan fingerprint density at radius 2 is 1.96 bits per heavy atom. The number of aliphatic hydroxyl groups is 3. The molecule has 2 fully saturated rings. The summed E-state index contributed by atoms with van der Waals surface area (Å²) in [4.78, 5) is 11.2. The molecular weight excluding hydrogens is 356 g/mol. The molecule has 1 aliphatic heterocycles. The maximum Gasteiger partial charge on any atom is 0.225 e. The molecule has 0 amide bonds. The molecule has 1 aliphatic carbocycles. The first-order valence-corrected chi connectivity index (χ1v) is 11.0. The summed E-state index contributed by atoms with van der Waals surface area (Å²) in [6.07, 6.45) is 14.2. The van der Waals surface area contributed by atoms with E-state index in [4.69, 9.17) is 9.84 Å². The zero-order chi connectivity index (χ0) is 20.5. The monoisotopic (exact) mass is 394 g/mol. The van der Waals surface area contributed by atoms with E-state index in [1.165, 1.54) is 44.9 Å². The topological polar surface area (TPSA) is 87.0 Å². The van der Waals surface area contributed by atoms with Crippen molar-refractivity contribution in [1.29, 1.82) is 0 Å². The number of hydrogen-bond acceptors (Lipinski definition) is 5. The lowest BCUT2D eigenvalue weighted by molar-refractivity contribution is -0.120. The van der Waals surface area contributed by atoms with Crippen LogP contribution in [0.2, 0.25) is 0 Å². The van der Waals surface area contributed by atoms with Gasteiger partial charge in [0, 0.05) is 6.42 Å². The average molecular weight is 395 g/mol. The Hall–Kier alpha value is -1.33. The summed E-state index contributed by atoms with van der Waals surface area (Å²) in [5.41, 5.74) is 0. The highest BCUT2D eigenvalue weighted by atomic mass is 16.5. The second kappa shape index (κ2) is 11.6. The van der Waals surface area contributed by atoms with Gasteiger partial charge in [-0.2, -0.15) is 0 Å². The summed E-state index contributed by atoms with van der Waals surface area (Å²) < 4.78 is 6.17. The van der Waals surface area contributed by atoms with E-state index in [0.717, 1.165) is 18.8 Å². The molecule has 1 saturated carbocycles. The minimum Gasteiger partial charge on any atom is -0.508 e. The molecular formula is C23H38O5. The molecule has 0 spiro atoms. The molecule has 3 N–H and O–H groups in total. The van der Waals surface area contributed by atoms with Crippen LogP contribution in [0.3, 0.4) is 0 Å². The van der Waals surface area contributed by atoms with Gasteiger partial charge >= 0.3 is 0 Å². The first-order valence-electron chi connectivity index (χ1n) is 11.0. The van der Waals surface area contributed by atoms with Crippen molar-refractivity contribution in [2.24, 2.45) is 17.8 Å². The first kappa shape index (κ1) is 23.0. The van der Waals surface area contributed by atoms with Crippen molar-refractivity contribution in [2.45, 2.75) is 89.8 Å². The second-order valence-electron chi connectivity index (χ2n) is 8.52. The molecule has 2 rings (SSSR count). The number of ether oxygens (including phenoxy) is 1. The maximum atomic E-state index is 11.2. The highest BCUT2D eigenvalue weighted by molar-refractivity contribution is 5.94. The number of aliphatic hydroxyl groups excluding tert-OH is 3. The van der Waals surface area contributed by atoms with Gasteiger partial charge in [-0.05, 0) is 56.3 Å². The first-order chi connectivity index (χ1) is 13.5. The molecule has 28 heavy (non-hydrogen) atoms. The molecule has 160 valence electrons. The van der Waals surface area contributed by atoms with Gasteiger partial charge in [0.25, 0.3) is 0 Å². The number of allylic oxidation sites excluding steroid dienone is 2. The third-order valence-electron chi connectivity index (χ3n) is 6.60. The molecule has 5 atom stereocenters. The van der Waals surface area contributed by atoms with E-state index in [2.05, 4.69) is 19.6 Å². The molecule has 1 saturated heterocycles. The van der Waals surface area contributed by atoms with Gasteiger partial charge < -0.3 is 20.1 Å².